The molecule has 0 spiro atoms. The van der Waals surface area contributed by atoms with Gasteiger partial charge in [0.2, 0.25) is 5.91 Å². The molecule has 0 radical (unpaired) electrons. The lowest BCUT2D eigenvalue weighted by Gasteiger charge is -2.20. The van der Waals surface area contributed by atoms with E-state index in [9.17, 15) is 4.79 Å². The summed E-state index contributed by atoms with van der Waals surface area (Å²) in [5.41, 5.74) is 3.33. The highest BCUT2D eigenvalue weighted by Gasteiger charge is 2.28. The number of aromatic nitrogens is 2. The summed E-state index contributed by atoms with van der Waals surface area (Å²) < 4.78 is 1.12. The van der Waals surface area contributed by atoms with Crippen molar-refractivity contribution < 1.29 is 4.79 Å². The lowest BCUT2D eigenvalue weighted by Crippen LogP contribution is -2.28. The number of rotatable bonds is 7. The highest BCUT2D eigenvalue weighted by Crippen LogP contribution is 2.46. The second-order valence-corrected chi connectivity index (χ2v) is 9.58. The molecule has 1 amide bonds. The zero-order valence-electron chi connectivity index (χ0n) is 17.0. The van der Waals surface area contributed by atoms with Crippen molar-refractivity contribution in [1.29, 1.82) is 0 Å². The Bertz CT molecular complexity index is 979. The Morgan fingerprint density at radius 3 is 3.07 bits per heavy atom. The number of nitrogens with zero attached hydrogens (tertiary/aromatic N) is 2. The molecule has 0 saturated carbocycles. The average Bonchev–Trinajstić information content (AvgIpc) is 3.29. The minimum atomic E-state index is 0.0454. The van der Waals surface area contributed by atoms with Gasteiger partial charge in [-0.1, -0.05) is 6.92 Å². The van der Waals surface area contributed by atoms with Gasteiger partial charge in [-0.15, -0.1) is 22.7 Å². The molecule has 3 aromatic heterocycles. The first-order valence-corrected chi connectivity index (χ1v) is 11.8. The third kappa shape index (κ3) is 4.35. The molecule has 3 aromatic rings. The van der Waals surface area contributed by atoms with Gasteiger partial charge in [-0.05, 0) is 44.9 Å². The third-order valence-corrected chi connectivity index (χ3v) is 7.76. The fourth-order valence-corrected chi connectivity index (χ4v) is 5.92. The Balaban J connectivity index is 1.64. The largest absolute Gasteiger partial charge is 0.317 e. The maximum Gasteiger partial charge on any atom is 0.226 e. The molecule has 29 heavy (non-hydrogen) atoms. The monoisotopic (exact) mass is 429 g/mol. The first-order chi connectivity index (χ1) is 14.1. The molecule has 0 aromatic carbocycles. The fourth-order valence-electron chi connectivity index (χ4n) is 3.55. The molecule has 154 valence electrons. The lowest BCUT2D eigenvalue weighted by atomic mass is 10.0. The molecule has 8 heteroatoms. The van der Waals surface area contributed by atoms with Crippen molar-refractivity contribution in [3.63, 3.8) is 0 Å². The second kappa shape index (κ2) is 8.87. The van der Waals surface area contributed by atoms with Crippen molar-refractivity contribution in [2.24, 2.45) is 0 Å². The van der Waals surface area contributed by atoms with Gasteiger partial charge in [0.05, 0.1) is 10.9 Å². The molecule has 0 bridgehead atoms. The Morgan fingerprint density at radius 2 is 2.28 bits per heavy atom. The van der Waals surface area contributed by atoms with E-state index in [1.54, 1.807) is 35.1 Å². The van der Waals surface area contributed by atoms with Crippen molar-refractivity contribution >= 4 is 43.8 Å². The molecule has 6 nitrogen and oxygen atoms in total. The molecule has 2 atom stereocenters. The van der Waals surface area contributed by atoms with Gasteiger partial charge in [0.1, 0.15) is 15.5 Å². The Labute approximate surface area is 179 Å². The van der Waals surface area contributed by atoms with E-state index in [4.69, 9.17) is 4.98 Å². The van der Waals surface area contributed by atoms with Crippen LogP contribution in [0, 0.1) is 0 Å². The van der Waals surface area contributed by atoms with Gasteiger partial charge in [0.15, 0.2) is 0 Å². The number of carbonyl (C=O) groups is 1. The van der Waals surface area contributed by atoms with E-state index < -0.39 is 0 Å². The summed E-state index contributed by atoms with van der Waals surface area (Å²) in [5, 5.41) is 12.0. The summed E-state index contributed by atoms with van der Waals surface area (Å²) >= 11 is 3.35. The van der Waals surface area contributed by atoms with Crippen LogP contribution in [0.15, 0.2) is 18.5 Å². The molecular formula is C21H27N5OS2. The number of nitrogens with one attached hydrogen (secondary N) is 3. The van der Waals surface area contributed by atoms with Crippen LogP contribution in [-0.2, 0) is 11.2 Å². The summed E-state index contributed by atoms with van der Waals surface area (Å²) in [5.74, 6) is 0.0454. The second-order valence-electron chi connectivity index (χ2n) is 7.50. The molecular weight excluding hydrogens is 402 g/mol. The summed E-state index contributed by atoms with van der Waals surface area (Å²) in [6, 6.07) is 2.71. The van der Waals surface area contributed by atoms with Gasteiger partial charge in [0, 0.05) is 41.7 Å². The third-order valence-electron chi connectivity index (χ3n) is 5.37. The van der Waals surface area contributed by atoms with E-state index in [1.807, 2.05) is 6.07 Å². The first-order valence-electron chi connectivity index (χ1n) is 10.2. The number of thiophene rings is 1. The smallest absolute Gasteiger partial charge is 0.226 e. The summed E-state index contributed by atoms with van der Waals surface area (Å²) in [7, 11) is 0. The number of pyridine rings is 1. The van der Waals surface area contributed by atoms with Gasteiger partial charge in [-0.3, -0.25) is 9.78 Å². The van der Waals surface area contributed by atoms with Crippen LogP contribution in [0.1, 0.15) is 50.1 Å². The molecule has 1 aliphatic heterocycles. The minimum absolute atomic E-state index is 0.0454. The van der Waals surface area contributed by atoms with Gasteiger partial charge in [-0.2, -0.15) is 0 Å². The van der Waals surface area contributed by atoms with Crippen LogP contribution in [0.2, 0.25) is 0 Å². The predicted octanol–water partition coefficient (Wildman–Crippen LogP) is 4.34. The Hall–Kier alpha value is -1.87. The SMILES string of the molecule is CC[C@H](C)NCCC(=O)Nc1sc2c(c1-c1nc3cnccc3s1)CCN[C@H]2C. The number of thiazole rings is 1. The normalized spacial score (nSPS) is 17.3. The van der Waals surface area contributed by atoms with Gasteiger partial charge in [-0.25, -0.2) is 4.98 Å². The maximum atomic E-state index is 12.6. The van der Waals surface area contributed by atoms with Crippen LogP contribution in [0.4, 0.5) is 5.00 Å². The van der Waals surface area contributed by atoms with Crippen LogP contribution < -0.4 is 16.0 Å². The van der Waals surface area contributed by atoms with E-state index in [1.165, 1.54) is 10.4 Å². The van der Waals surface area contributed by atoms with Gasteiger partial charge < -0.3 is 16.0 Å². The van der Waals surface area contributed by atoms with Crippen molar-refractivity contribution in [2.75, 3.05) is 18.4 Å². The highest BCUT2D eigenvalue weighted by atomic mass is 32.1. The summed E-state index contributed by atoms with van der Waals surface area (Å²) in [4.78, 5) is 23.0. The zero-order valence-corrected chi connectivity index (χ0v) is 18.7. The Kier molecular flexibility index (Phi) is 6.24. The van der Waals surface area contributed by atoms with Crippen LogP contribution >= 0.6 is 22.7 Å². The fraction of sp³-hybridized carbons (Fsp3) is 0.476. The molecule has 4 heterocycles. The topological polar surface area (TPSA) is 78.9 Å². The first kappa shape index (κ1) is 20.4. The molecule has 4 rings (SSSR count). The van der Waals surface area contributed by atoms with E-state index in [2.05, 4.69) is 41.7 Å². The number of anilines is 1. The Morgan fingerprint density at radius 1 is 1.41 bits per heavy atom. The van der Waals surface area contributed by atoms with E-state index in [-0.39, 0.29) is 11.9 Å². The van der Waals surface area contributed by atoms with Gasteiger partial charge >= 0.3 is 0 Å². The number of amides is 1. The zero-order chi connectivity index (χ0) is 20.4. The van der Waals surface area contributed by atoms with Crippen LogP contribution in [-0.4, -0.2) is 35.0 Å². The molecule has 0 unspecified atom stereocenters. The van der Waals surface area contributed by atoms with Crippen LogP contribution in [0.3, 0.4) is 0 Å². The van der Waals surface area contributed by atoms with Crippen LogP contribution in [0.25, 0.3) is 20.8 Å². The van der Waals surface area contributed by atoms with E-state index >= 15 is 0 Å². The van der Waals surface area contributed by atoms with Crippen molar-refractivity contribution in [3.05, 3.63) is 28.9 Å². The molecule has 3 N–H and O–H groups in total. The van der Waals surface area contributed by atoms with Crippen molar-refractivity contribution in [1.82, 2.24) is 20.6 Å². The summed E-state index contributed by atoms with van der Waals surface area (Å²) in [6.45, 7) is 8.09. The summed E-state index contributed by atoms with van der Waals surface area (Å²) in [6.07, 6.45) is 6.07. The van der Waals surface area contributed by atoms with Crippen molar-refractivity contribution in [3.8, 4) is 10.6 Å². The lowest BCUT2D eigenvalue weighted by molar-refractivity contribution is -0.116. The molecule has 0 fully saturated rings. The van der Waals surface area contributed by atoms with Crippen molar-refractivity contribution in [2.45, 2.75) is 52.1 Å². The van der Waals surface area contributed by atoms with Gasteiger partial charge in [0.25, 0.3) is 0 Å². The average molecular weight is 430 g/mol. The number of carbonyl (C=O) groups excluding carboxylic acids is 1. The molecule has 0 aliphatic carbocycles. The quantitative estimate of drug-likeness (QED) is 0.521. The molecule has 0 saturated heterocycles. The number of hydrogen-bond acceptors (Lipinski definition) is 7. The minimum Gasteiger partial charge on any atom is -0.317 e. The highest BCUT2D eigenvalue weighted by molar-refractivity contribution is 7.23. The van der Waals surface area contributed by atoms with Crippen LogP contribution in [0.5, 0.6) is 0 Å². The number of hydrogen-bond donors (Lipinski definition) is 3. The number of fused-ring (bicyclic) bond motifs is 2. The standard InChI is InChI=1S/C21H27N5OS2/c1-4-12(2)23-10-7-17(27)26-21-18(14-5-9-24-13(3)19(14)29-21)20-25-15-11-22-8-6-16(15)28-20/h6,8,11-13,23-24H,4-5,7,9-10H2,1-3H3,(H,26,27)/t12-,13-/m0/s1. The predicted molar refractivity (Wildman–Crippen MR) is 122 cm³/mol. The van der Waals surface area contributed by atoms with E-state index in [0.29, 0.717) is 19.0 Å². The molecule has 1 aliphatic rings. The maximum absolute atomic E-state index is 12.6. The van der Waals surface area contributed by atoms with E-state index in [0.717, 1.165) is 45.2 Å².